The minimum atomic E-state index is 0.146. The smallest absolute Gasteiger partial charge is 0.328 e. The van der Waals surface area contributed by atoms with Gasteiger partial charge in [0.15, 0.2) is 0 Å². The number of aromatic nitrogens is 4. The molecule has 0 atom stereocenters. The number of fused-ring (bicyclic) bond motifs is 3. The minimum Gasteiger partial charge on any atom is -0.497 e. The van der Waals surface area contributed by atoms with Crippen LogP contribution in [0.1, 0.15) is 22.3 Å². The molecule has 9 heteroatoms. The van der Waals surface area contributed by atoms with Gasteiger partial charge in [0.05, 0.1) is 25.3 Å². The molecule has 0 aliphatic rings. The third-order valence-corrected chi connectivity index (χ3v) is 10.6. The molecule has 0 saturated carbocycles. The Hall–Kier alpha value is -7.65. The highest BCUT2D eigenvalue weighted by atomic mass is 16.5. The van der Waals surface area contributed by atoms with Crippen molar-refractivity contribution in [1.82, 2.24) is 19.5 Å². The first kappa shape index (κ1) is 37.9. The number of rotatable bonds is 11. The van der Waals surface area contributed by atoms with Crippen molar-refractivity contribution >= 4 is 56.5 Å². The van der Waals surface area contributed by atoms with Gasteiger partial charge in [0.2, 0.25) is 11.9 Å². The van der Waals surface area contributed by atoms with E-state index in [0.29, 0.717) is 17.6 Å². The fourth-order valence-electron chi connectivity index (χ4n) is 7.40. The maximum Gasteiger partial charge on any atom is 0.328 e. The number of hydrogen-bond donors (Lipinski definition) is 0. The second-order valence-electron chi connectivity index (χ2n) is 14.9. The quantitative estimate of drug-likeness (QED) is 0.128. The lowest BCUT2D eigenvalue weighted by atomic mass is 10.1. The number of anilines is 6. The summed E-state index contributed by atoms with van der Waals surface area (Å²) >= 11 is 0. The number of hydrogen-bond acceptors (Lipinski definition) is 8. The van der Waals surface area contributed by atoms with E-state index in [0.717, 1.165) is 84.0 Å². The summed E-state index contributed by atoms with van der Waals surface area (Å²) in [5.74, 6) is 2.95. The lowest BCUT2D eigenvalue weighted by Gasteiger charge is -2.27. The maximum absolute atomic E-state index is 6.63. The number of aryl methyl sites for hydroxylation is 4. The van der Waals surface area contributed by atoms with Crippen LogP contribution in [0.3, 0.4) is 0 Å². The lowest BCUT2D eigenvalue weighted by molar-refractivity contribution is 0.415. The van der Waals surface area contributed by atoms with Crippen molar-refractivity contribution in [3.63, 3.8) is 0 Å². The average Bonchev–Trinajstić information content (AvgIpc) is 3.59. The highest BCUT2D eigenvalue weighted by molar-refractivity contribution is 6.10. The van der Waals surface area contributed by atoms with Crippen LogP contribution in [-0.4, -0.2) is 33.7 Å². The molecule has 9 rings (SSSR count). The molecule has 7 aromatic carbocycles. The molecular weight excluding hydrogens is 745 g/mol. The van der Waals surface area contributed by atoms with E-state index in [1.54, 1.807) is 14.2 Å². The summed E-state index contributed by atoms with van der Waals surface area (Å²) in [6, 6.07) is 53.7. The van der Waals surface area contributed by atoms with Gasteiger partial charge in [0.25, 0.3) is 0 Å². The number of benzene rings is 7. The molecule has 0 fully saturated rings. The molecule has 60 heavy (non-hydrogen) atoms. The van der Waals surface area contributed by atoms with Crippen LogP contribution < -0.4 is 24.0 Å². The monoisotopic (exact) mass is 788 g/mol. The van der Waals surface area contributed by atoms with Gasteiger partial charge in [-0.3, -0.25) is 9.80 Å². The van der Waals surface area contributed by atoms with Crippen molar-refractivity contribution in [3.05, 3.63) is 180 Å². The van der Waals surface area contributed by atoms with Crippen molar-refractivity contribution < 1.29 is 14.2 Å². The summed E-state index contributed by atoms with van der Waals surface area (Å²) in [6.45, 7) is 8.31. The van der Waals surface area contributed by atoms with Crippen LogP contribution in [0, 0.1) is 27.7 Å². The third-order valence-electron chi connectivity index (χ3n) is 10.6. The van der Waals surface area contributed by atoms with E-state index in [4.69, 9.17) is 29.2 Å². The van der Waals surface area contributed by atoms with Crippen LogP contribution in [0.4, 0.5) is 34.6 Å². The van der Waals surface area contributed by atoms with Crippen LogP contribution in [-0.2, 0) is 0 Å². The van der Waals surface area contributed by atoms with Gasteiger partial charge in [-0.15, -0.1) is 0 Å². The van der Waals surface area contributed by atoms with Crippen molar-refractivity contribution in [1.29, 1.82) is 0 Å². The first-order chi connectivity index (χ1) is 29.2. The molecule has 0 N–H and O–H groups in total. The Morgan fingerprint density at radius 1 is 0.400 bits per heavy atom. The zero-order valence-corrected chi connectivity index (χ0v) is 34.4. The number of nitrogens with zero attached hydrogens (tertiary/aromatic N) is 6. The molecule has 9 aromatic rings. The lowest BCUT2D eigenvalue weighted by Crippen LogP contribution is -2.19. The second-order valence-corrected chi connectivity index (χ2v) is 14.9. The minimum absolute atomic E-state index is 0.146. The van der Waals surface area contributed by atoms with E-state index in [1.165, 1.54) is 0 Å². The molecule has 0 spiro atoms. The Labute approximate surface area is 349 Å². The number of methoxy groups -OCH3 is 2. The Balaban J connectivity index is 1.18. The van der Waals surface area contributed by atoms with Crippen molar-refractivity contribution in [2.45, 2.75) is 27.7 Å². The summed E-state index contributed by atoms with van der Waals surface area (Å²) in [5.41, 5.74) is 11.2. The predicted octanol–water partition coefficient (Wildman–Crippen LogP) is 13.0. The van der Waals surface area contributed by atoms with Crippen LogP contribution in [0.15, 0.2) is 158 Å². The molecular formula is C51H44N6O3. The molecule has 0 amide bonds. The SMILES string of the molecule is COc1ccc2c(c1)c1cc(OC)ccc1n2-c1ccc(Oc2nc(N(c3ccc(C)cc3)c3ccc(C)cc3)nc(N(c3ccc(C)cc3)c3ccc(C)cc3)n2)cc1. The molecule has 0 unspecified atom stereocenters. The van der Waals surface area contributed by atoms with Crippen LogP contribution in [0.2, 0.25) is 0 Å². The van der Waals surface area contributed by atoms with E-state index >= 15 is 0 Å². The summed E-state index contributed by atoms with van der Waals surface area (Å²) in [5, 5.41) is 2.12. The summed E-state index contributed by atoms with van der Waals surface area (Å²) in [4.78, 5) is 19.4. The van der Waals surface area contributed by atoms with Gasteiger partial charge in [-0.25, -0.2) is 0 Å². The molecule has 296 valence electrons. The zero-order chi connectivity index (χ0) is 41.3. The van der Waals surface area contributed by atoms with Gasteiger partial charge in [0, 0.05) is 39.2 Å². The second kappa shape index (κ2) is 15.9. The van der Waals surface area contributed by atoms with Crippen LogP contribution in [0.5, 0.6) is 23.3 Å². The van der Waals surface area contributed by atoms with E-state index in [9.17, 15) is 0 Å². The molecule has 2 aromatic heterocycles. The Bertz CT molecular complexity index is 2680. The van der Waals surface area contributed by atoms with Gasteiger partial charge in [-0.2, -0.15) is 15.0 Å². The molecule has 0 bridgehead atoms. The molecule has 9 nitrogen and oxygen atoms in total. The van der Waals surface area contributed by atoms with Crippen LogP contribution in [0.25, 0.3) is 27.5 Å². The Morgan fingerprint density at radius 2 is 0.750 bits per heavy atom. The van der Waals surface area contributed by atoms with Crippen molar-refractivity contribution in [2.24, 2.45) is 0 Å². The predicted molar refractivity (Wildman–Crippen MR) is 242 cm³/mol. The maximum atomic E-state index is 6.63. The average molecular weight is 789 g/mol. The number of ether oxygens (including phenoxy) is 3. The van der Waals surface area contributed by atoms with Crippen molar-refractivity contribution in [3.8, 4) is 28.9 Å². The topological polar surface area (TPSA) is 77.8 Å². The third kappa shape index (κ3) is 7.44. The molecule has 2 heterocycles. The normalized spacial score (nSPS) is 11.2. The highest BCUT2D eigenvalue weighted by Gasteiger charge is 2.24. The molecule has 0 radical (unpaired) electrons. The van der Waals surface area contributed by atoms with E-state index in [2.05, 4.69) is 154 Å². The van der Waals surface area contributed by atoms with Crippen LogP contribution >= 0.6 is 0 Å². The van der Waals surface area contributed by atoms with E-state index in [-0.39, 0.29) is 6.01 Å². The Morgan fingerprint density at radius 3 is 1.10 bits per heavy atom. The first-order valence-corrected chi connectivity index (χ1v) is 19.8. The standard InChI is InChI=1S/C51H44N6O3/c1-33-7-15-37(16-8-33)55(38-17-9-34(2)10-18-38)49-52-50(56(39-19-11-35(3)12-20-39)40-21-13-36(4)14-22-40)54-51(53-49)60-42-25-23-41(24-26-42)57-47-29-27-43(58-5)31-45(47)46-32-44(59-6)28-30-48(46)57/h7-32H,1-6H3. The highest BCUT2D eigenvalue weighted by Crippen LogP contribution is 2.40. The molecule has 0 saturated heterocycles. The largest absolute Gasteiger partial charge is 0.497 e. The van der Waals surface area contributed by atoms with E-state index < -0.39 is 0 Å². The molecule has 0 aliphatic carbocycles. The van der Waals surface area contributed by atoms with Crippen molar-refractivity contribution in [2.75, 3.05) is 24.0 Å². The fraction of sp³-hybridized carbons (Fsp3) is 0.118. The summed E-state index contributed by atoms with van der Waals surface area (Å²) in [7, 11) is 3.37. The zero-order valence-electron chi connectivity index (χ0n) is 34.4. The van der Waals surface area contributed by atoms with Gasteiger partial charge < -0.3 is 18.8 Å². The van der Waals surface area contributed by atoms with Gasteiger partial charge in [0.1, 0.15) is 17.2 Å². The van der Waals surface area contributed by atoms with Gasteiger partial charge in [-0.1, -0.05) is 70.8 Å². The van der Waals surface area contributed by atoms with E-state index in [1.807, 2.05) is 46.2 Å². The summed E-state index contributed by atoms with van der Waals surface area (Å²) in [6.07, 6.45) is 0. The molecule has 0 aliphatic heterocycles. The van der Waals surface area contributed by atoms with Gasteiger partial charge in [-0.05, 0) is 137 Å². The Kier molecular flexibility index (Phi) is 10.1. The fourth-order valence-corrected chi connectivity index (χ4v) is 7.40. The first-order valence-electron chi connectivity index (χ1n) is 19.8. The summed E-state index contributed by atoms with van der Waals surface area (Å²) < 4.78 is 20.1. The van der Waals surface area contributed by atoms with Gasteiger partial charge >= 0.3 is 6.01 Å².